The van der Waals surface area contributed by atoms with Crippen LogP contribution < -0.4 is 5.56 Å². The number of benzene rings is 1. The lowest BCUT2D eigenvalue weighted by Gasteiger charge is -2.08. The lowest BCUT2D eigenvalue weighted by molar-refractivity contribution is -0.141. The molecule has 0 saturated carbocycles. The first-order chi connectivity index (χ1) is 11.9. The number of ether oxygens (including phenoxy) is 1. The summed E-state index contributed by atoms with van der Waals surface area (Å²) in [7, 11) is 1.29. The number of Topliss-reactive ketones (excluding diaryl/α,β-unsaturated/α-hetero) is 1. The van der Waals surface area contributed by atoms with Crippen molar-refractivity contribution in [1.29, 1.82) is 0 Å². The third-order valence-electron chi connectivity index (χ3n) is 4.06. The number of H-pyrrole nitrogens is 2. The smallest absolute Gasteiger partial charge is 0.306 e. The van der Waals surface area contributed by atoms with Gasteiger partial charge in [0.2, 0.25) is 5.95 Å². The Labute approximate surface area is 142 Å². The molecule has 8 nitrogen and oxygen atoms in total. The Morgan fingerprint density at radius 3 is 2.76 bits per heavy atom. The van der Waals surface area contributed by atoms with Gasteiger partial charge in [-0.3, -0.25) is 19.5 Å². The monoisotopic (exact) mass is 342 g/mol. The van der Waals surface area contributed by atoms with Crippen molar-refractivity contribution in [3.63, 3.8) is 0 Å². The summed E-state index contributed by atoms with van der Waals surface area (Å²) in [6.07, 6.45) is 1.62. The number of aromatic amines is 2. The van der Waals surface area contributed by atoms with E-state index in [1.165, 1.54) is 11.8 Å². The number of carbonyl (C=O) groups excluding carboxylic acids is 2. The van der Waals surface area contributed by atoms with Crippen LogP contribution in [0.15, 0.2) is 29.2 Å². The van der Waals surface area contributed by atoms with E-state index in [-0.39, 0.29) is 17.8 Å². The molecular formula is C17H18N4O4. The number of hydrogen-bond acceptors (Lipinski definition) is 5. The van der Waals surface area contributed by atoms with Gasteiger partial charge in [0.15, 0.2) is 5.78 Å². The Morgan fingerprint density at radius 1 is 1.36 bits per heavy atom. The van der Waals surface area contributed by atoms with E-state index >= 15 is 0 Å². The first kappa shape index (κ1) is 16.7. The summed E-state index contributed by atoms with van der Waals surface area (Å²) in [5.41, 5.74) is 2.11. The van der Waals surface area contributed by atoms with Crippen LogP contribution in [0.2, 0.25) is 0 Å². The van der Waals surface area contributed by atoms with Gasteiger partial charge >= 0.3 is 5.97 Å². The van der Waals surface area contributed by atoms with Gasteiger partial charge in [-0.2, -0.15) is 4.68 Å². The van der Waals surface area contributed by atoms with Gasteiger partial charge in [0.05, 0.1) is 24.6 Å². The molecule has 2 heterocycles. The van der Waals surface area contributed by atoms with E-state index in [1.807, 2.05) is 0 Å². The van der Waals surface area contributed by atoms with Crippen molar-refractivity contribution in [1.82, 2.24) is 19.7 Å². The fourth-order valence-electron chi connectivity index (χ4n) is 2.58. The second-order valence-electron chi connectivity index (χ2n) is 5.93. The number of imidazole rings is 1. The van der Waals surface area contributed by atoms with Crippen LogP contribution in [0.1, 0.15) is 29.3 Å². The van der Waals surface area contributed by atoms with Crippen molar-refractivity contribution in [3.8, 4) is 5.95 Å². The summed E-state index contributed by atoms with van der Waals surface area (Å²) in [5.74, 6) is -0.718. The Kier molecular flexibility index (Phi) is 4.26. The molecule has 8 heteroatoms. The molecule has 0 radical (unpaired) electrons. The van der Waals surface area contributed by atoms with Crippen LogP contribution in [0.4, 0.5) is 0 Å². The number of aryl methyl sites for hydroxylation is 1. The number of fused-ring (bicyclic) bond motifs is 1. The van der Waals surface area contributed by atoms with E-state index in [4.69, 9.17) is 0 Å². The summed E-state index contributed by atoms with van der Waals surface area (Å²) < 4.78 is 5.90. The van der Waals surface area contributed by atoms with Crippen LogP contribution in [-0.4, -0.2) is 38.6 Å². The maximum atomic E-state index is 12.5. The third kappa shape index (κ3) is 3.10. The largest absolute Gasteiger partial charge is 0.469 e. The van der Waals surface area contributed by atoms with Gasteiger partial charge in [-0.25, -0.2) is 4.98 Å². The molecule has 1 aromatic carbocycles. The lowest BCUT2D eigenvalue weighted by Crippen LogP contribution is -2.17. The standard InChI is InChI=1S/C17H18N4O4/c1-9(6-14(22)25-3)15(23)11-4-5-12-13(7-11)20-17(19-12)21-16(24)10(2)8-18-21/h4-5,7-9,18H,6H2,1-3H3,(H,19,20). The fraction of sp³-hybridized carbons (Fsp3) is 0.294. The van der Waals surface area contributed by atoms with Gasteiger partial charge in [0, 0.05) is 23.2 Å². The van der Waals surface area contributed by atoms with E-state index in [2.05, 4.69) is 19.8 Å². The second kappa shape index (κ2) is 6.39. The molecule has 25 heavy (non-hydrogen) atoms. The summed E-state index contributed by atoms with van der Waals surface area (Å²) in [4.78, 5) is 43.2. The molecule has 2 N–H and O–H groups in total. The average molecular weight is 342 g/mol. The average Bonchev–Trinajstić information content (AvgIpc) is 3.16. The van der Waals surface area contributed by atoms with Crippen molar-refractivity contribution in [2.75, 3.05) is 7.11 Å². The van der Waals surface area contributed by atoms with Crippen LogP contribution in [-0.2, 0) is 9.53 Å². The van der Waals surface area contributed by atoms with Crippen molar-refractivity contribution in [2.24, 2.45) is 5.92 Å². The molecule has 0 aliphatic rings. The van der Waals surface area contributed by atoms with E-state index in [1.54, 1.807) is 38.2 Å². The summed E-state index contributed by atoms with van der Waals surface area (Å²) in [5, 5.41) is 2.83. The summed E-state index contributed by atoms with van der Waals surface area (Å²) in [6, 6.07) is 5.03. The molecule has 3 rings (SSSR count). The van der Waals surface area contributed by atoms with Crippen LogP contribution in [0.25, 0.3) is 17.0 Å². The zero-order valence-corrected chi connectivity index (χ0v) is 14.1. The molecule has 0 bridgehead atoms. The normalized spacial score (nSPS) is 12.3. The molecule has 0 fully saturated rings. The minimum atomic E-state index is -0.485. The molecule has 3 aromatic rings. The predicted octanol–water partition coefficient (Wildman–Crippen LogP) is 1.73. The maximum Gasteiger partial charge on any atom is 0.306 e. The molecule has 130 valence electrons. The first-order valence-electron chi connectivity index (χ1n) is 7.79. The number of methoxy groups -OCH3 is 1. The third-order valence-corrected chi connectivity index (χ3v) is 4.06. The highest BCUT2D eigenvalue weighted by atomic mass is 16.5. The van der Waals surface area contributed by atoms with Gasteiger partial charge in [-0.15, -0.1) is 0 Å². The maximum absolute atomic E-state index is 12.5. The number of hydrogen-bond donors (Lipinski definition) is 2. The number of carbonyl (C=O) groups is 2. The lowest BCUT2D eigenvalue weighted by atomic mass is 9.96. The molecular weight excluding hydrogens is 324 g/mol. The highest BCUT2D eigenvalue weighted by molar-refractivity contribution is 6.01. The van der Waals surface area contributed by atoms with E-state index < -0.39 is 11.9 Å². The Balaban J connectivity index is 1.93. The Hall–Kier alpha value is -3.16. The first-order valence-corrected chi connectivity index (χ1v) is 7.79. The van der Waals surface area contributed by atoms with Gasteiger partial charge in [0.25, 0.3) is 5.56 Å². The van der Waals surface area contributed by atoms with Crippen molar-refractivity contribution in [2.45, 2.75) is 20.3 Å². The van der Waals surface area contributed by atoms with Crippen LogP contribution in [0.3, 0.4) is 0 Å². The minimum absolute atomic E-state index is 0.0265. The number of aromatic nitrogens is 4. The quantitative estimate of drug-likeness (QED) is 0.542. The van der Waals surface area contributed by atoms with Crippen LogP contribution >= 0.6 is 0 Å². The van der Waals surface area contributed by atoms with Crippen molar-refractivity contribution >= 4 is 22.8 Å². The molecule has 0 saturated heterocycles. The van der Waals surface area contributed by atoms with Crippen molar-refractivity contribution < 1.29 is 14.3 Å². The number of ketones is 1. The van der Waals surface area contributed by atoms with E-state index in [0.29, 0.717) is 28.1 Å². The molecule has 1 atom stereocenters. The van der Waals surface area contributed by atoms with Crippen molar-refractivity contribution in [3.05, 3.63) is 45.9 Å². The number of rotatable bonds is 5. The number of nitrogens with zero attached hydrogens (tertiary/aromatic N) is 2. The number of esters is 1. The zero-order chi connectivity index (χ0) is 18.1. The van der Waals surface area contributed by atoms with E-state index in [0.717, 1.165) is 0 Å². The predicted molar refractivity (Wildman–Crippen MR) is 90.9 cm³/mol. The summed E-state index contributed by atoms with van der Waals surface area (Å²) in [6.45, 7) is 3.39. The van der Waals surface area contributed by atoms with Crippen LogP contribution in [0, 0.1) is 12.8 Å². The molecule has 2 aromatic heterocycles. The second-order valence-corrected chi connectivity index (χ2v) is 5.93. The molecule has 0 aliphatic heterocycles. The molecule has 0 spiro atoms. The minimum Gasteiger partial charge on any atom is -0.469 e. The van der Waals surface area contributed by atoms with Gasteiger partial charge in [-0.05, 0) is 25.1 Å². The van der Waals surface area contributed by atoms with Gasteiger partial charge in [-0.1, -0.05) is 6.92 Å². The van der Waals surface area contributed by atoms with Gasteiger partial charge in [0.1, 0.15) is 0 Å². The Morgan fingerprint density at radius 2 is 2.12 bits per heavy atom. The highest BCUT2D eigenvalue weighted by Gasteiger charge is 2.20. The molecule has 0 amide bonds. The fourth-order valence-corrected chi connectivity index (χ4v) is 2.58. The highest BCUT2D eigenvalue weighted by Crippen LogP contribution is 2.19. The van der Waals surface area contributed by atoms with Gasteiger partial charge < -0.3 is 9.72 Å². The summed E-state index contributed by atoms with van der Waals surface area (Å²) >= 11 is 0. The number of nitrogens with one attached hydrogen (secondary N) is 2. The Bertz CT molecular complexity index is 1010. The van der Waals surface area contributed by atoms with E-state index in [9.17, 15) is 14.4 Å². The topological polar surface area (TPSA) is 110 Å². The SMILES string of the molecule is COC(=O)CC(C)C(=O)c1ccc2nc(-n3[nH]cc(C)c3=O)[nH]c2c1. The van der Waals surface area contributed by atoms with Crippen LogP contribution in [0.5, 0.6) is 0 Å². The zero-order valence-electron chi connectivity index (χ0n) is 14.1. The molecule has 0 aliphatic carbocycles. The molecule has 1 unspecified atom stereocenters.